The lowest BCUT2D eigenvalue weighted by atomic mass is 9.91. The Bertz CT molecular complexity index is 630. The topological polar surface area (TPSA) is 75.9 Å². The molecule has 0 aromatic heterocycles. The highest BCUT2D eigenvalue weighted by molar-refractivity contribution is 5.95. The third kappa shape index (κ3) is 4.89. The minimum Gasteiger partial charge on any atom is -0.484 e. The number of amides is 2. The molecule has 2 heterocycles. The van der Waals surface area contributed by atoms with Gasteiger partial charge in [-0.05, 0) is 44.2 Å². The first-order valence-electron chi connectivity index (χ1n) is 9.11. The summed E-state index contributed by atoms with van der Waals surface area (Å²) in [4.78, 5) is 27.8. The highest BCUT2D eigenvalue weighted by Crippen LogP contribution is 2.25. The fourth-order valence-corrected chi connectivity index (χ4v) is 3.57. The number of hydrogen-bond acceptors (Lipinski definition) is 4. The van der Waals surface area contributed by atoms with Crippen LogP contribution in [-0.2, 0) is 9.59 Å². The van der Waals surface area contributed by atoms with Gasteiger partial charge in [0.2, 0.25) is 5.91 Å². The van der Waals surface area contributed by atoms with E-state index >= 15 is 0 Å². The normalized spacial score (nSPS) is 19.2. The molecular formula is C19H28ClN3O3. The average Bonchev–Trinajstić information content (AvgIpc) is 3.06. The second-order valence-corrected chi connectivity index (χ2v) is 7.01. The van der Waals surface area contributed by atoms with Gasteiger partial charge in [-0.1, -0.05) is 6.07 Å². The van der Waals surface area contributed by atoms with Crippen molar-refractivity contribution >= 4 is 29.9 Å². The number of nitrogens with two attached hydrogens (primary N) is 1. The number of halogens is 1. The molecule has 0 aliphatic carbocycles. The number of rotatable bonds is 5. The standard InChI is InChI=1S/C19H27N3O3.ClH/c1-14(20)15-7-10-21(11-8-15)19(24)13-25-17-5-2-4-16(12-17)22-9-3-6-18(22)23;/h2,4-5,12,14-15H,3,6-11,13,20H2,1H3;1H. The predicted molar refractivity (Wildman–Crippen MR) is 104 cm³/mol. The fraction of sp³-hybridized carbons (Fsp3) is 0.579. The number of hydrogen-bond donors (Lipinski definition) is 1. The van der Waals surface area contributed by atoms with Gasteiger partial charge in [-0.25, -0.2) is 0 Å². The number of benzene rings is 1. The molecule has 1 unspecified atom stereocenters. The van der Waals surface area contributed by atoms with Crippen molar-refractivity contribution in [3.8, 4) is 5.75 Å². The predicted octanol–water partition coefficient (Wildman–Crippen LogP) is 2.20. The molecule has 2 saturated heterocycles. The Morgan fingerprint density at radius 3 is 2.65 bits per heavy atom. The number of ether oxygens (including phenoxy) is 1. The van der Waals surface area contributed by atoms with E-state index in [0.29, 0.717) is 18.1 Å². The molecule has 2 fully saturated rings. The lowest BCUT2D eigenvalue weighted by molar-refractivity contribution is -0.134. The summed E-state index contributed by atoms with van der Waals surface area (Å²) in [7, 11) is 0. The largest absolute Gasteiger partial charge is 0.484 e. The molecule has 0 radical (unpaired) electrons. The van der Waals surface area contributed by atoms with Crippen molar-refractivity contribution in [2.75, 3.05) is 31.1 Å². The van der Waals surface area contributed by atoms with Crippen LogP contribution in [0.3, 0.4) is 0 Å². The summed E-state index contributed by atoms with van der Waals surface area (Å²) in [5.74, 6) is 1.27. The number of carbonyl (C=O) groups excluding carboxylic acids is 2. The molecular weight excluding hydrogens is 354 g/mol. The first kappa shape index (κ1) is 20.5. The summed E-state index contributed by atoms with van der Waals surface area (Å²) < 4.78 is 5.68. The zero-order chi connectivity index (χ0) is 17.8. The van der Waals surface area contributed by atoms with E-state index in [4.69, 9.17) is 10.5 Å². The van der Waals surface area contributed by atoms with Gasteiger partial charge in [-0.15, -0.1) is 12.4 Å². The van der Waals surface area contributed by atoms with Crippen molar-refractivity contribution in [3.63, 3.8) is 0 Å². The number of nitrogens with zero attached hydrogens (tertiary/aromatic N) is 2. The van der Waals surface area contributed by atoms with Crippen LogP contribution in [0.2, 0.25) is 0 Å². The van der Waals surface area contributed by atoms with Gasteiger partial charge in [0.05, 0.1) is 0 Å². The Kier molecular flexibility index (Phi) is 7.29. The molecule has 3 rings (SSSR count). The van der Waals surface area contributed by atoms with Gasteiger partial charge in [0, 0.05) is 43.9 Å². The molecule has 2 amide bonds. The molecule has 1 aromatic rings. The Hall–Kier alpha value is -1.79. The average molecular weight is 382 g/mol. The summed E-state index contributed by atoms with van der Waals surface area (Å²) in [5, 5.41) is 0. The van der Waals surface area contributed by atoms with Crippen LogP contribution in [0.4, 0.5) is 5.69 Å². The monoisotopic (exact) mass is 381 g/mol. The molecule has 1 aromatic carbocycles. The Balaban J connectivity index is 0.00000243. The second-order valence-electron chi connectivity index (χ2n) is 7.01. The lowest BCUT2D eigenvalue weighted by Crippen LogP contribution is -2.44. The number of carbonyl (C=O) groups is 2. The summed E-state index contributed by atoms with van der Waals surface area (Å²) in [6, 6.07) is 7.59. The van der Waals surface area contributed by atoms with Crippen LogP contribution in [0.1, 0.15) is 32.6 Å². The minimum atomic E-state index is 0. The van der Waals surface area contributed by atoms with Gasteiger partial charge in [-0.3, -0.25) is 9.59 Å². The van der Waals surface area contributed by atoms with Crippen LogP contribution in [0.5, 0.6) is 5.75 Å². The van der Waals surface area contributed by atoms with E-state index in [-0.39, 0.29) is 36.9 Å². The smallest absolute Gasteiger partial charge is 0.260 e. The quantitative estimate of drug-likeness (QED) is 0.848. The first-order chi connectivity index (χ1) is 12.0. The molecule has 0 spiro atoms. The number of likely N-dealkylation sites (tertiary alicyclic amines) is 1. The minimum absolute atomic E-state index is 0. The summed E-state index contributed by atoms with van der Waals surface area (Å²) in [6.45, 7) is 4.30. The van der Waals surface area contributed by atoms with Crippen LogP contribution in [-0.4, -0.2) is 49.0 Å². The van der Waals surface area contributed by atoms with Crippen molar-refractivity contribution in [2.45, 2.75) is 38.6 Å². The van der Waals surface area contributed by atoms with Gasteiger partial charge in [0.15, 0.2) is 6.61 Å². The Morgan fingerprint density at radius 1 is 1.31 bits per heavy atom. The van der Waals surface area contributed by atoms with Crippen molar-refractivity contribution in [2.24, 2.45) is 11.7 Å². The zero-order valence-corrected chi connectivity index (χ0v) is 16.0. The van der Waals surface area contributed by atoms with E-state index in [0.717, 1.165) is 44.6 Å². The lowest BCUT2D eigenvalue weighted by Gasteiger charge is -2.33. The van der Waals surface area contributed by atoms with Gasteiger partial charge in [0.25, 0.3) is 5.91 Å². The van der Waals surface area contributed by atoms with Crippen LogP contribution in [0.15, 0.2) is 24.3 Å². The fourth-order valence-electron chi connectivity index (χ4n) is 3.57. The summed E-state index contributed by atoms with van der Waals surface area (Å²) >= 11 is 0. The molecule has 144 valence electrons. The van der Waals surface area contributed by atoms with Gasteiger partial charge >= 0.3 is 0 Å². The van der Waals surface area contributed by atoms with Crippen molar-refractivity contribution in [1.82, 2.24) is 4.90 Å². The maximum atomic E-state index is 12.3. The number of anilines is 1. The highest BCUT2D eigenvalue weighted by Gasteiger charge is 2.25. The third-order valence-electron chi connectivity index (χ3n) is 5.20. The third-order valence-corrected chi connectivity index (χ3v) is 5.20. The first-order valence-corrected chi connectivity index (χ1v) is 9.11. The molecule has 0 bridgehead atoms. The highest BCUT2D eigenvalue weighted by atomic mass is 35.5. The molecule has 26 heavy (non-hydrogen) atoms. The maximum Gasteiger partial charge on any atom is 0.260 e. The Morgan fingerprint density at radius 2 is 2.04 bits per heavy atom. The maximum absolute atomic E-state index is 12.3. The van der Waals surface area contributed by atoms with Gasteiger partial charge in [-0.2, -0.15) is 0 Å². The van der Waals surface area contributed by atoms with E-state index in [1.807, 2.05) is 36.1 Å². The van der Waals surface area contributed by atoms with Gasteiger partial charge < -0.3 is 20.3 Å². The molecule has 2 N–H and O–H groups in total. The number of piperidine rings is 1. The van der Waals surface area contributed by atoms with Crippen LogP contribution in [0, 0.1) is 5.92 Å². The van der Waals surface area contributed by atoms with E-state index < -0.39 is 0 Å². The van der Waals surface area contributed by atoms with Gasteiger partial charge in [0.1, 0.15) is 5.75 Å². The zero-order valence-electron chi connectivity index (χ0n) is 15.2. The molecule has 6 nitrogen and oxygen atoms in total. The molecule has 0 saturated carbocycles. The van der Waals surface area contributed by atoms with Crippen LogP contribution >= 0.6 is 12.4 Å². The molecule has 2 aliphatic rings. The SMILES string of the molecule is CC(N)C1CCN(C(=O)COc2cccc(N3CCCC3=O)c2)CC1.Cl. The van der Waals surface area contributed by atoms with E-state index in [2.05, 4.69) is 0 Å². The van der Waals surface area contributed by atoms with E-state index in [1.54, 1.807) is 4.90 Å². The molecule has 1 atom stereocenters. The molecule has 7 heteroatoms. The second kappa shape index (κ2) is 9.24. The summed E-state index contributed by atoms with van der Waals surface area (Å²) in [5.41, 5.74) is 6.78. The van der Waals surface area contributed by atoms with Crippen molar-refractivity contribution in [1.29, 1.82) is 0 Å². The van der Waals surface area contributed by atoms with Crippen molar-refractivity contribution < 1.29 is 14.3 Å². The van der Waals surface area contributed by atoms with Crippen LogP contribution in [0.25, 0.3) is 0 Å². The molecule has 2 aliphatic heterocycles. The summed E-state index contributed by atoms with van der Waals surface area (Å²) in [6.07, 6.45) is 3.40. The van der Waals surface area contributed by atoms with Crippen LogP contribution < -0.4 is 15.4 Å². The van der Waals surface area contributed by atoms with E-state index in [1.165, 1.54) is 0 Å². The van der Waals surface area contributed by atoms with E-state index in [9.17, 15) is 9.59 Å². The van der Waals surface area contributed by atoms with Crippen molar-refractivity contribution in [3.05, 3.63) is 24.3 Å². The Labute approximate surface area is 161 Å².